The van der Waals surface area contributed by atoms with Gasteiger partial charge in [0.1, 0.15) is 19.0 Å². The van der Waals surface area contributed by atoms with Gasteiger partial charge in [-0.15, -0.1) is 0 Å². The van der Waals surface area contributed by atoms with E-state index < -0.39 is 0 Å². The van der Waals surface area contributed by atoms with Crippen LogP contribution >= 0.6 is 15.9 Å². The van der Waals surface area contributed by atoms with E-state index in [0.29, 0.717) is 40.7 Å². The number of pyridine rings is 1. The fourth-order valence-corrected chi connectivity index (χ4v) is 3.80. The number of ether oxygens (including phenoxy) is 3. The van der Waals surface area contributed by atoms with Crippen molar-refractivity contribution in [3.05, 3.63) is 82.1 Å². The first-order chi connectivity index (χ1) is 16.5. The molecule has 1 amide bonds. The summed E-state index contributed by atoms with van der Waals surface area (Å²) < 4.78 is 18.1. The van der Waals surface area contributed by atoms with Crippen molar-refractivity contribution in [1.82, 2.24) is 10.4 Å². The Morgan fingerprint density at radius 2 is 1.85 bits per heavy atom. The van der Waals surface area contributed by atoms with Crippen molar-refractivity contribution in [3.8, 4) is 17.2 Å². The molecule has 0 fully saturated rings. The minimum Gasteiger partial charge on any atom is -0.493 e. The summed E-state index contributed by atoms with van der Waals surface area (Å²) in [6.45, 7) is 5.10. The zero-order valence-corrected chi connectivity index (χ0v) is 21.0. The van der Waals surface area contributed by atoms with Crippen molar-refractivity contribution in [2.75, 3.05) is 20.3 Å². The van der Waals surface area contributed by atoms with E-state index in [2.05, 4.69) is 51.4 Å². The highest BCUT2D eigenvalue weighted by atomic mass is 79.9. The first-order valence-corrected chi connectivity index (χ1v) is 11.8. The summed E-state index contributed by atoms with van der Waals surface area (Å²) >= 11 is 3.53. The summed E-state index contributed by atoms with van der Waals surface area (Å²) in [5.74, 6) is 2.09. The number of halogens is 1. The van der Waals surface area contributed by atoms with Gasteiger partial charge in [-0.1, -0.05) is 32.0 Å². The van der Waals surface area contributed by atoms with Crippen LogP contribution in [0.1, 0.15) is 47.7 Å². The lowest BCUT2D eigenvalue weighted by Crippen LogP contribution is -2.17. The van der Waals surface area contributed by atoms with E-state index in [-0.39, 0.29) is 5.91 Å². The second kappa shape index (κ2) is 12.7. The lowest BCUT2D eigenvalue weighted by Gasteiger charge is -2.17. The minimum absolute atomic E-state index is 0.320. The normalized spacial score (nSPS) is 11.8. The van der Waals surface area contributed by atoms with E-state index in [1.54, 1.807) is 37.7 Å². The van der Waals surface area contributed by atoms with Gasteiger partial charge in [0.25, 0.3) is 5.91 Å². The Labute approximate surface area is 208 Å². The van der Waals surface area contributed by atoms with E-state index in [4.69, 9.17) is 14.2 Å². The number of rotatable bonds is 11. The van der Waals surface area contributed by atoms with Crippen molar-refractivity contribution in [2.24, 2.45) is 5.10 Å². The average Bonchev–Trinajstić information content (AvgIpc) is 2.87. The Kier molecular flexibility index (Phi) is 9.46. The van der Waals surface area contributed by atoms with Gasteiger partial charge in [0.2, 0.25) is 0 Å². The first kappa shape index (κ1) is 25.2. The van der Waals surface area contributed by atoms with Gasteiger partial charge in [-0.2, -0.15) is 5.10 Å². The van der Waals surface area contributed by atoms with Crippen molar-refractivity contribution < 1.29 is 19.0 Å². The summed E-state index contributed by atoms with van der Waals surface area (Å²) in [4.78, 5) is 16.0. The maximum atomic E-state index is 12.1. The number of benzene rings is 2. The number of carbonyl (C=O) groups is 1. The summed E-state index contributed by atoms with van der Waals surface area (Å²) in [6.07, 6.45) is 5.68. The molecule has 0 unspecified atom stereocenters. The number of hydrazone groups is 1. The third-order valence-corrected chi connectivity index (χ3v) is 5.81. The SMILES string of the molecule is CC[C@@H](C)c1ccccc1OCCOc1c(Br)cc(/C=N\NC(=O)c2ccncc2)cc1OC. The van der Waals surface area contributed by atoms with Crippen molar-refractivity contribution >= 4 is 28.1 Å². The van der Waals surface area contributed by atoms with Crippen LogP contribution < -0.4 is 19.6 Å². The van der Waals surface area contributed by atoms with Gasteiger partial charge in [0.15, 0.2) is 11.5 Å². The van der Waals surface area contributed by atoms with E-state index in [1.165, 1.54) is 11.8 Å². The molecular weight excluding hydrogens is 498 g/mol. The predicted molar refractivity (Wildman–Crippen MR) is 136 cm³/mol. The Hall–Kier alpha value is -3.39. The van der Waals surface area contributed by atoms with Crippen molar-refractivity contribution in [3.63, 3.8) is 0 Å². The average molecular weight is 526 g/mol. The monoisotopic (exact) mass is 525 g/mol. The van der Waals surface area contributed by atoms with Gasteiger partial charge in [-0.25, -0.2) is 5.43 Å². The maximum Gasteiger partial charge on any atom is 0.271 e. The highest BCUT2D eigenvalue weighted by Crippen LogP contribution is 2.36. The highest BCUT2D eigenvalue weighted by Gasteiger charge is 2.13. The van der Waals surface area contributed by atoms with Crippen LogP contribution in [0.3, 0.4) is 0 Å². The van der Waals surface area contributed by atoms with Gasteiger partial charge in [0.05, 0.1) is 17.8 Å². The number of carbonyl (C=O) groups excluding carboxylic acids is 1. The number of hydrogen-bond acceptors (Lipinski definition) is 6. The quantitative estimate of drug-likeness (QED) is 0.200. The molecule has 1 aromatic heterocycles. The van der Waals surface area contributed by atoms with Crippen LogP contribution in [-0.4, -0.2) is 37.4 Å². The van der Waals surface area contributed by atoms with E-state index in [0.717, 1.165) is 17.7 Å². The summed E-state index contributed by atoms with van der Waals surface area (Å²) in [5.41, 5.74) is 4.89. The molecule has 1 atom stereocenters. The van der Waals surface area contributed by atoms with E-state index in [1.807, 2.05) is 24.3 Å². The molecule has 0 aliphatic carbocycles. The molecule has 0 spiro atoms. The fraction of sp³-hybridized carbons (Fsp3) is 0.269. The lowest BCUT2D eigenvalue weighted by atomic mass is 9.98. The molecule has 0 saturated carbocycles. The number of nitrogens with one attached hydrogen (secondary N) is 1. The molecule has 8 heteroatoms. The third kappa shape index (κ3) is 6.81. The van der Waals surface area contributed by atoms with Crippen LogP contribution in [0.25, 0.3) is 0 Å². The van der Waals surface area contributed by atoms with Crippen LogP contribution in [-0.2, 0) is 0 Å². The first-order valence-electron chi connectivity index (χ1n) is 11.0. The minimum atomic E-state index is -0.320. The molecular formula is C26H28BrN3O4. The Balaban J connectivity index is 1.59. The lowest BCUT2D eigenvalue weighted by molar-refractivity contribution is 0.0955. The van der Waals surface area contributed by atoms with Crippen LogP contribution in [0.2, 0.25) is 0 Å². The number of aromatic nitrogens is 1. The van der Waals surface area contributed by atoms with Gasteiger partial charge in [0, 0.05) is 18.0 Å². The number of hydrogen-bond donors (Lipinski definition) is 1. The Morgan fingerprint density at radius 3 is 2.59 bits per heavy atom. The van der Waals surface area contributed by atoms with Crippen LogP contribution in [0.15, 0.2) is 70.5 Å². The van der Waals surface area contributed by atoms with Gasteiger partial charge < -0.3 is 14.2 Å². The smallest absolute Gasteiger partial charge is 0.271 e. The molecule has 2 aromatic carbocycles. The zero-order chi connectivity index (χ0) is 24.3. The Morgan fingerprint density at radius 1 is 1.12 bits per heavy atom. The summed E-state index contributed by atoms with van der Waals surface area (Å²) in [5, 5.41) is 4.02. The standard InChI is InChI=1S/C26H28BrN3O4/c1-4-18(2)21-7-5-6-8-23(21)33-13-14-34-25-22(27)15-19(16-24(25)32-3)17-29-30-26(31)20-9-11-28-12-10-20/h5-12,15-18H,4,13-14H2,1-3H3,(H,30,31)/b29-17-/t18-/m1/s1. The van der Waals surface area contributed by atoms with Crippen LogP contribution in [0, 0.1) is 0 Å². The molecule has 3 aromatic rings. The molecule has 3 rings (SSSR count). The zero-order valence-electron chi connectivity index (χ0n) is 19.5. The molecule has 7 nitrogen and oxygen atoms in total. The molecule has 0 aliphatic heterocycles. The van der Waals surface area contributed by atoms with Crippen LogP contribution in [0.5, 0.6) is 17.2 Å². The maximum absolute atomic E-state index is 12.1. The van der Waals surface area contributed by atoms with Gasteiger partial charge >= 0.3 is 0 Å². The molecule has 34 heavy (non-hydrogen) atoms. The highest BCUT2D eigenvalue weighted by molar-refractivity contribution is 9.10. The van der Waals surface area contributed by atoms with E-state index >= 15 is 0 Å². The third-order valence-electron chi connectivity index (χ3n) is 5.22. The topological polar surface area (TPSA) is 82.0 Å². The number of para-hydroxylation sites is 1. The summed E-state index contributed by atoms with van der Waals surface area (Å²) in [6, 6.07) is 14.9. The Bertz CT molecular complexity index is 1120. The molecule has 0 saturated heterocycles. The molecule has 0 bridgehead atoms. The summed E-state index contributed by atoms with van der Waals surface area (Å²) in [7, 11) is 1.57. The molecule has 1 heterocycles. The molecule has 0 radical (unpaired) electrons. The fourth-order valence-electron chi connectivity index (χ4n) is 3.22. The van der Waals surface area contributed by atoms with E-state index in [9.17, 15) is 4.79 Å². The van der Waals surface area contributed by atoms with Gasteiger partial charge in [-0.3, -0.25) is 9.78 Å². The predicted octanol–water partition coefficient (Wildman–Crippen LogP) is 5.59. The second-order valence-corrected chi connectivity index (χ2v) is 8.37. The van der Waals surface area contributed by atoms with Crippen molar-refractivity contribution in [1.29, 1.82) is 0 Å². The number of amides is 1. The second-order valence-electron chi connectivity index (χ2n) is 7.51. The number of nitrogens with zero attached hydrogens (tertiary/aromatic N) is 2. The number of methoxy groups -OCH3 is 1. The molecule has 0 aliphatic rings. The van der Waals surface area contributed by atoms with Crippen LogP contribution in [0.4, 0.5) is 0 Å². The molecule has 178 valence electrons. The van der Waals surface area contributed by atoms with Gasteiger partial charge in [-0.05, 0) is 69.7 Å². The molecule has 1 N–H and O–H groups in total. The van der Waals surface area contributed by atoms with Crippen molar-refractivity contribution in [2.45, 2.75) is 26.2 Å². The largest absolute Gasteiger partial charge is 0.493 e.